The number of aliphatic hydroxyl groups excluding tert-OH is 1. The molecule has 132 valence electrons. The topological polar surface area (TPSA) is 90.7 Å². The van der Waals surface area contributed by atoms with Crippen molar-refractivity contribution < 1.29 is 34.1 Å². The maximum Gasteiger partial charge on any atom is 0.254 e. The first-order chi connectivity index (χ1) is 11.6. The minimum Gasteiger partial charge on any atom is -0.466 e. The fourth-order valence-corrected chi connectivity index (χ4v) is 1.58. The third-order valence-electron chi connectivity index (χ3n) is 2.45. The molecular formula is C17H22N2O3S2Zn. The maximum atomic E-state index is 7.00. The van der Waals surface area contributed by atoms with Crippen LogP contribution in [0.5, 0.6) is 0 Å². The summed E-state index contributed by atoms with van der Waals surface area (Å²) in [5.41, 5.74) is 12.4. The van der Waals surface area contributed by atoms with E-state index in [1.54, 1.807) is 0 Å². The molecule has 2 aromatic carbocycles. The van der Waals surface area contributed by atoms with Crippen molar-refractivity contribution in [3.05, 3.63) is 71.8 Å². The predicted molar refractivity (Wildman–Crippen MR) is 104 cm³/mol. The molecule has 8 heteroatoms. The zero-order valence-corrected chi connectivity index (χ0v) is 18.7. The van der Waals surface area contributed by atoms with Crippen LogP contribution in [0.2, 0.25) is 0 Å². The van der Waals surface area contributed by atoms with E-state index in [4.69, 9.17) is 26.0 Å². The Labute approximate surface area is 172 Å². The minimum absolute atomic E-state index is 0. The number of hydrogen-bond donors (Lipinski definition) is 3. The van der Waals surface area contributed by atoms with Crippen LogP contribution in [0.1, 0.15) is 11.1 Å². The third kappa shape index (κ3) is 15.7. The molecule has 0 fully saturated rings. The van der Waals surface area contributed by atoms with Crippen molar-refractivity contribution in [1.29, 1.82) is 0 Å². The Morgan fingerprint density at radius 1 is 0.760 bits per heavy atom. The van der Waals surface area contributed by atoms with Gasteiger partial charge in [0, 0.05) is 26.6 Å². The zero-order valence-electron chi connectivity index (χ0n) is 14.1. The second-order valence-corrected chi connectivity index (χ2v) is 4.99. The number of thiocarbonyl (C=S) groups is 2. The Bertz CT molecular complexity index is 533. The van der Waals surface area contributed by atoms with Crippen LogP contribution in [0.4, 0.5) is 0 Å². The van der Waals surface area contributed by atoms with E-state index in [0.717, 1.165) is 18.2 Å². The van der Waals surface area contributed by atoms with Gasteiger partial charge in [0.1, 0.15) is 13.2 Å². The van der Waals surface area contributed by atoms with Gasteiger partial charge < -0.3 is 26.0 Å². The van der Waals surface area contributed by atoms with Gasteiger partial charge >= 0.3 is 0 Å². The number of aliphatic hydroxyl groups is 1. The molecule has 0 unspecified atom stereocenters. The summed E-state index contributed by atoms with van der Waals surface area (Å²) in [4.78, 5) is 0. The maximum absolute atomic E-state index is 7.00. The van der Waals surface area contributed by atoms with E-state index < -0.39 is 0 Å². The molecule has 0 saturated carbocycles. The quantitative estimate of drug-likeness (QED) is 0.506. The molecule has 0 aliphatic heterocycles. The van der Waals surface area contributed by atoms with E-state index in [-0.39, 0.29) is 29.8 Å². The molecule has 0 heterocycles. The van der Waals surface area contributed by atoms with E-state index in [2.05, 4.69) is 24.4 Å². The van der Waals surface area contributed by atoms with Gasteiger partial charge in [0.15, 0.2) is 0 Å². The normalized spacial score (nSPS) is 8.24. The number of benzene rings is 2. The second-order valence-electron chi connectivity index (χ2n) is 4.19. The molecule has 5 nitrogen and oxygen atoms in total. The van der Waals surface area contributed by atoms with Crippen molar-refractivity contribution in [2.45, 2.75) is 13.2 Å². The molecule has 0 atom stereocenters. The monoisotopic (exact) mass is 430 g/mol. The van der Waals surface area contributed by atoms with E-state index >= 15 is 0 Å². The van der Waals surface area contributed by atoms with E-state index in [1.807, 2.05) is 60.7 Å². The molecule has 0 saturated heterocycles. The van der Waals surface area contributed by atoms with Crippen molar-refractivity contribution in [1.82, 2.24) is 0 Å². The molecule has 0 radical (unpaired) electrons. The van der Waals surface area contributed by atoms with Crippen LogP contribution in [-0.2, 0) is 42.2 Å². The van der Waals surface area contributed by atoms with Crippen molar-refractivity contribution in [3.8, 4) is 0 Å². The summed E-state index contributed by atoms with van der Waals surface area (Å²) in [6.07, 6.45) is 0. The molecule has 5 N–H and O–H groups in total. The van der Waals surface area contributed by atoms with Gasteiger partial charge in [-0.25, -0.2) is 0 Å². The number of nitrogens with two attached hydrogens (primary N) is 2. The molecule has 25 heavy (non-hydrogen) atoms. The summed E-state index contributed by atoms with van der Waals surface area (Å²) in [5.74, 6) is 0. The summed E-state index contributed by atoms with van der Waals surface area (Å²) < 4.78 is 9.87. The van der Waals surface area contributed by atoms with Crippen LogP contribution in [0.15, 0.2) is 60.7 Å². The van der Waals surface area contributed by atoms with Crippen molar-refractivity contribution in [3.63, 3.8) is 0 Å². The molecule has 0 amide bonds. The Morgan fingerprint density at radius 3 is 1.28 bits per heavy atom. The Kier molecular flexibility index (Phi) is 17.7. The first kappa shape index (κ1) is 25.6. The van der Waals surface area contributed by atoms with Gasteiger partial charge in [-0.2, -0.15) is 0 Å². The largest absolute Gasteiger partial charge is 0.466 e. The van der Waals surface area contributed by atoms with Crippen LogP contribution in [-0.4, -0.2) is 22.6 Å². The Balaban J connectivity index is 0. The molecular weight excluding hydrogens is 410 g/mol. The van der Waals surface area contributed by atoms with Gasteiger partial charge in [0.25, 0.3) is 10.3 Å². The first-order valence-electron chi connectivity index (χ1n) is 6.95. The molecule has 2 rings (SSSR count). The van der Waals surface area contributed by atoms with Crippen molar-refractivity contribution >= 4 is 34.8 Å². The summed E-state index contributed by atoms with van der Waals surface area (Å²) >= 11 is 9.10. The average Bonchev–Trinajstić information content (AvgIpc) is 2.62. The van der Waals surface area contributed by atoms with Gasteiger partial charge in [-0.1, -0.05) is 60.7 Å². The average molecular weight is 432 g/mol. The predicted octanol–water partition coefficient (Wildman–Crippen LogP) is 2.50. The number of ether oxygens (including phenoxy) is 2. The molecule has 0 aliphatic carbocycles. The van der Waals surface area contributed by atoms with Gasteiger partial charge in [-0.3, -0.25) is 0 Å². The molecule has 0 aromatic heterocycles. The van der Waals surface area contributed by atoms with E-state index in [1.165, 1.54) is 0 Å². The standard InChI is InChI=1S/2C8H9NOS.CH4O.Zn/c2*9-8(11)10-6-7-4-2-1-3-5-7;1-2;/h2*1-5H,6H2,(H2,9,11);2H,1H3;. The van der Waals surface area contributed by atoms with Crippen LogP contribution in [0, 0.1) is 0 Å². The van der Waals surface area contributed by atoms with Crippen molar-refractivity contribution in [2.24, 2.45) is 11.5 Å². The third-order valence-corrected chi connectivity index (χ3v) is 2.68. The summed E-state index contributed by atoms with van der Waals surface area (Å²) in [5, 5.41) is 7.18. The molecule has 0 bridgehead atoms. The number of hydrogen-bond acceptors (Lipinski definition) is 5. The first-order valence-corrected chi connectivity index (χ1v) is 7.76. The van der Waals surface area contributed by atoms with Gasteiger partial charge in [0.2, 0.25) is 0 Å². The van der Waals surface area contributed by atoms with E-state index in [0.29, 0.717) is 13.2 Å². The summed E-state index contributed by atoms with van der Waals surface area (Å²) in [6, 6.07) is 19.5. The summed E-state index contributed by atoms with van der Waals surface area (Å²) in [6.45, 7) is 0.909. The van der Waals surface area contributed by atoms with Gasteiger partial charge in [-0.15, -0.1) is 0 Å². The number of rotatable bonds is 4. The Morgan fingerprint density at radius 2 is 1.04 bits per heavy atom. The molecule has 2 aromatic rings. The van der Waals surface area contributed by atoms with Crippen LogP contribution >= 0.6 is 24.4 Å². The fourth-order valence-electron chi connectivity index (χ4n) is 1.46. The van der Waals surface area contributed by atoms with Crippen LogP contribution in [0.25, 0.3) is 0 Å². The minimum atomic E-state index is 0. The second kappa shape index (κ2) is 17.2. The summed E-state index contributed by atoms with van der Waals surface area (Å²) in [7, 11) is 1.00. The van der Waals surface area contributed by atoms with Gasteiger partial charge in [0.05, 0.1) is 0 Å². The van der Waals surface area contributed by atoms with E-state index in [9.17, 15) is 0 Å². The zero-order chi connectivity index (χ0) is 18.2. The van der Waals surface area contributed by atoms with Crippen LogP contribution < -0.4 is 11.5 Å². The molecule has 0 spiro atoms. The van der Waals surface area contributed by atoms with Crippen LogP contribution in [0.3, 0.4) is 0 Å². The smallest absolute Gasteiger partial charge is 0.254 e. The van der Waals surface area contributed by atoms with Crippen molar-refractivity contribution in [2.75, 3.05) is 7.11 Å². The molecule has 0 aliphatic rings. The Hall–Kier alpha value is -1.60. The SMILES string of the molecule is CO.NC(=S)OCc1ccccc1.NC(=S)OCc1ccccc1.[Zn]. The fraction of sp³-hybridized carbons (Fsp3) is 0.176. The van der Waals surface area contributed by atoms with Gasteiger partial charge in [-0.05, 0) is 35.6 Å².